The van der Waals surface area contributed by atoms with Crippen LogP contribution in [0.3, 0.4) is 0 Å². The number of aromatic nitrogens is 1. The lowest BCUT2D eigenvalue weighted by Crippen LogP contribution is -1.95. The molecule has 0 spiro atoms. The van der Waals surface area contributed by atoms with E-state index in [1.54, 1.807) is 0 Å². The van der Waals surface area contributed by atoms with Gasteiger partial charge in [0, 0.05) is 11.9 Å². The number of thiol groups is 1. The van der Waals surface area contributed by atoms with Crippen LogP contribution in [0.5, 0.6) is 0 Å². The molecule has 1 heterocycles. The highest BCUT2D eigenvalue weighted by Gasteiger charge is 1.92. The predicted molar refractivity (Wildman–Crippen MR) is 37.3 cm³/mol. The smallest absolute Gasteiger partial charge is 0.147 e. The van der Waals surface area contributed by atoms with Gasteiger partial charge in [0.05, 0.1) is 5.69 Å². The second-order valence-electron chi connectivity index (χ2n) is 1.33. The van der Waals surface area contributed by atoms with Crippen molar-refractivity contribution < 1.29 is 0 Å². The molecule has 4 heteroatoms. The van der Waals surface area contributed by atoms with Crippen LogP contribution in [0, 0.1) is 0 Å². The molecule has 0 radical (unpaired) electrons. The second kappa shape index (κ2) is 2.48. The molecule has 0 atom stereocenters. The first-order valence-corrected chi connectivity index (χ1v) is 3.49. The topological polar surface area (TPSA) is 38.9 Å². The highest BCUT2D eigenvalue weighted by atomic mass is 32.2. The van der Waals surface area contributed by atoms with Gasteiger partial charge in [-0.3, -0.25) is 0 Å². The van der Waals surface area contributed by atoms with Crippen LogP contribution >= 0.6 is 24.0 Å². The SMILES string of the molecule is NCc1csc(S)n1. The molecular weight excluding hydrogens is 140 g/mol. The van der Waals surface area contributed by atoms with Crippen LogP contribution in [-0.2, 0) is 6.54 Å². The summed E-state index contributed by atoms with van der Waals surface area (Å²) in [5.74, 6) is 0. The Hall–Kier alpha value is -0.0600. The predicted octanol–water partition coefficient (Wildman–Crippen LogP) is 0.891. The van der Waals surface area contributed by atoms with Crippen LogP contribution in [-0.4, -0.2) is 4.98 Å². The number of thiazole rings is 1. The van der Waals surface area contributed by atoms with Crippen molar-refractivity contribution in [1.29, 1.82) is 0 Å². The summed E-state index contributed by atoms with van der Waals surface area (Å²) in [7, 11) is 0. The van der Waals surface area contributed by atoms with Gasteiger partial charge >= 0.3 is 0 Å². The van der Waals surface area contributed by atoms with Crippen molar-refractivity contribution in [2.45, 2.75) is 10.9 Å². The van der Waals surface area contributed by atoms with Crippen molar-refractivity contribution in [2.24, 2.45) is 5.73 Å². The molecule has 0 bridgehead atoms. The fourth-order valence-electron chi connectivity index (χ4n) is 0.390. The van der Waals surface area contributed by atoms with Gasteiger partial charge in [0.25, 0.3) is 0 Å². The Bertz CT molecular complexity index is 172. The molecule has 0 aliphatic heterocycles. The van der Waals surface area contributed by atoms with Crippen LogP contribution in [0.15, 0.2) is 9.72 Å². The van der Waals surface area contributed by atoms with E-state index in [4.69, 9.17) is 5.73 Å². The number of hydrogen-bond donors (Lipinski definition) is 2. The molecule has 0 unspecified atom stereocenters. The molecule has 0 amide bonds. The Morgan fingerprint density at radius 3 is 2.88 bits per heavy atom. The Morgan fingerprint density at radius 2 is 2.62 bits per heavy atom. The van der Waals surface area contributed by atoms with E-state index in [0.29, 0.717) is 6.54 Å². The van der Waals surface area contributed by atoms with E-state index >= 15 is 0 Å². The van der Waals surface area contributed by atoms with Gasteiger partial charge in [-0.25, -0.2) is 4.98 Å². The fraction of sp³-hybridized carbons (Fsp3) is 0.250. The molecule has 0 aromatic carbocycles. The maximum absolute atomic E-state index is 5.27. The van der Waals surface area contributed by atoms with Crippen molar-refractivity contribution >= 4 is 24.0 Å². The summed E-state index contributed by atoms with van der Waals surface area (Å²) in [6.07, 6.45) is 0. The molecule has 44 valence electrons. The molecule has 0 aliphatic rings. The van der Waals surface area contributed by atoms with E-state index in [1.165, 1.54) is 11.3 Å². The molecule has 0 fully saturated rings. The molecule has 1 aromatic rings. The molecular formula is C4H6N2S2. The summed E-state index contributed by atoms with van der Waals surface area (Å²) >= 11 is 5.51. The van der Waals surface area contributed by atoms with Crippen molar-refractivity contribution in [1.82, 2.24) is 4.98 Å². The van der Waals surface area contributed by atoms with Crippen molar-refractivity contribution in [3.63, 3.8) is 0 Å². The summed E-state index contributed by atoms with van der Waals surface area (Å²) in [6, 6.07) is 0. The molecule has 2 N–H and O–H groups in total. The zero-order valence-corrected chi connectivity index (χ0v) is 5.88. The lowest BCUT2D eigenvalue weighted by molar-refractivity contribution is 0.985. The standard InChI is InChI=1S/C4H6N2S2/c5-1-3-2-8-4(7)6-3/h2H,1,5H2,(H,6,7). The Balaban J connectivity index is 2.84. The maximum atomic E-state index is 5.27. The van der Waals surface area contributed by atoms with Gasteiger partial charge in [0.2, 0.25) is 0 Å². The number of nitrogens with zero attached hydrogens (tertiary/aromatic N) is 1. The van der Waals surface area contributed by atoms with Crippen LogP contribution < -0.4 is 5.73 Å². The monoisotopic (exact) mass is 146 g/mol. The van der Waals surface area contributed by atoms with Gasteiger partial charge in [-0.2, -0.15) is 0 Å². The molecule has 0 saturated heterocycles. The summed E-state index contributed by atoms with van der Waals surface area (Å²) in [6.45, 7) is 0.511. The van der Waals surface area contributed by atoms with Crippen molar-refractivity contribution in [3.05, 3.63) is 11.1 Å². The fourth-order valence-corrected chi connectivity index (χ4v) is 1.24. The average molecular weight is 146 g/mol. The third-order valence-electron chi connectivity index (χ3n) is 0.749. The summed E-state index contributed by atoms with van der Waals surface area (Å²) < 4.78 is 0.783. The largest absolute Gasteiger partial charge is 0.325 e. The van der Waals surface area contributed by atoms with E-state index < -0.39 is 0 Å². The zero-order chi connectivity index (χ0) is 5.98. The number of rotatable bonds is 1. The van der Waals surface area contributed by atoms with Gasteiger partial charge in [-0.05, 0) is 0 Å². The number of nitrogens with two attached hydrogens (primary N) is 1. The summed E-state index contributed by atoms with van der Waals surface area (Å²) in [5, 5.41) is 1.91. The third kappa shape index (κ3) is 1.21. The normalized spacial score (nSPS) is 9.75. The Labute approximate surface area is 57.2 Å². The first-order chi connectivity index (χ1) is 3.83. The third-order valence-corrected chi connectivity index (χ3v) is 1.86. The minimum absolute atomic E-state index is 0.511. The summed E-state index contributed by atoms with van der Waals surface area (Å²) in [5.41, 5.74) is 6.19. The van der Waals surface area contributed by atoms with Gasteiger partial charge in [-0.1, -0.05) is 0 Å². The first kappa shape index (κ1) is 6.07. The molecule has 1 rings (SSSR count). The Kier molecular flexibility index (Phi) is 1.88. The lowest BCUT2D eigenvalue weighted by atomic mass is 10.5. The quantitative estimate of drug-likeness (QED) is 0.577. The van der Waals surface area contributed by atoms with Gasteiger partial charge < -0.3 is 5.73 Å². The second-order valence-corrected chi connectivity index (χ2v) is 2.91. The van der Waals surface area contributed by atoms with Crippen LogP contribution in [0.25, 0.3) is 0 Å². The molecule has 2 nitrogen and oxygen atoms in total. The highest BCUT2D eigenvalue weighted by molar-refractivity contribution is 7.82. The van der Waals surface area contributed by atoms with Gasteiger partial charge in [0.1, 0.15) is 4.34 Å². The maximum Gasteiger partial charge on any atom is 0.147 e. The van der Waals surface area contributed by atoms with Crippen molar-refractivity contribution in [3.8, 4) is 0 Å². The van der Waals surface area contributed by atoms with Gasteiger partial charge in [-0.15, -0.1) is 24.0 Å². The molecule has 8 heavy (non-hydrogen) atoms. The molecule has 1 aromatic heterocycles. The van der Waals surface area contributed by atoms with E-state index in [2.05, 4.69) is 17.6 Å². The van der Waals surface area contributed by atoms with E-state index in [9.17, 15) is 0 Å². The first-order valence-electron chi connectivity index (χ1n) is 2.16. The minimum atomic E-state index is 0.511. The zero-order valence-electron chi connectivity index (χ0n) is 4.16. The van der Waals surface area contributed by atoms with E-state index in [-0.39, 0.29) is 0 Å². The lowest BCUT2D eigenvalue weighted by Gasteiger charge is -1.79. The molecule has 0 saturated carbocycles. The van der Waals surface area contributed by atoms with E-state index in [1.807, 2.05) is 5.38 Å². The Morgan fingerprint density at radius 1 is 1.88 bits per heavy atom. The molecule has 0 aliphatic carbocycles. The summed E-state index contributed by atoms with van der Waals surface area (Å²) in [4.78, 5) is 3.99. The van der Waals surface area contributed by atoms with Crippen LogP contribution in [0.4, 0.5) is 0 Å². The highest BCUT2D eigenvalue weighted by Crippen LogP contribution is 2.11. The average Bonchev–Trinajstić information content (AvgIpc) is 2.14. The van der Waals surface area contributed by atoms with E-state index in [0.717, 1.165) is 10.0 Å². The van der Waals surface area contributed by atoms with Crippen molar-refractivity contribution in [2.75, 3.05) is 0 Å². The minimum Gasteiger partial charge on any atom is -0.325 e. The van der Waals surface area contributed by atoms with Crippen LogP contribution in [0.1, 0.15) is 5.69 Å². The number of hydrogen-bond acceptors (Lipinski definition) is 4. The van der Waals surface area contributed by atoms with Gasteiger partial charge in [0.15, 0.2) is 0 Å². The van der Waals surface area contributed by atoms with Crippen LogP contribution in [0.2, 0.25) is 0 Å².